The molecule has 1 atom stereocenters. The molecule has 1 rings (SSSR count). The van der Waals surface area contributed by atoms with E-state index in [1.165, 1.54) is 5.56 Å². The van der Waals surface area contributed by atoms with Crippen LogP contribution in [0.3, 0.4) is 0 Å². The van der Waals surface area contributed by atoms with Gasteiger partial charge in [0.1, 0.15) is 0 Å². The molecule has 1 aromatic rings. The SMILES string of the molecule is CCNC(CC)c1ccn(CCOC(C)(C)C)c1. The average molecular weight is 252 g/mol. The van der Waals surface area contributed by atoms with Crippen molar-refractivity contribution in [1.29, 1.82) is 0 Å². The fourth-order valence-corrected chi connectivity index (χ4v) is 2.01. The first kappa shape index (κ1) is 15.3. The van der Waals surface area contributed by atoms with Gasteiger partial charge in [-0.3, -0.25) is 0 Å². The number of hydrogen-bond acceptors (Lipinski definition) is 2. The second-order valence-electron chi connectivity index (χ2n) is 5.66. The van der Waals surface area contributed by atoms with Crippen LogP contribution >= 0.6 is 0 Å². The van der Waals surface area contributed by atoms with Crippen LogP contribution in [0.2, 0.25) is 0 Å². The Morgan fingerprint density at radius 3 is 2.61 bits per heavy atom. The molecule has 0 spiro atoms. The Morgan fingerprint density at radius 2 is 2.06 bits per heavy atom. The van der Waals surface area contributed by atoms with Gasteiger partial charge in [0, 0.05) is 25.0 Å². The fourth-order valence-electron chi connectivity index (χ4n) is 2.01. The van der Waals surface area contributed by atoms with Crippen molar-refractivity contribution in [2.24, 2.45) is 0 Å². The highest BCUT2D eigenvalue weighted by Gasteiger charge is 2.11. The van der Waals surface area contributed by atoms with Crippen molar-refractivity contribution in [3.8, 4) is 0 Å². The Kier molecular flexibility index (Phi) is 5.89. The molecule has 0 saturated heterocycles. The zero-order valence-corrected chi connectivity index (χ0v) is 12.5. The number of aromatic nitrogens is 1. The highest BCUT2D eigenvalue weighted by molar-refractivity contribution is 5.15. The Balaban J connectivity index is 2.47. The molecular weight excluding hydrogens is 224 g/mol. The number of nitrogens with zero attached hydrogens (tertiary/aromatic N) is 1. The zero-order valence-electron chi connectivity index (χ0n) is 12.5. The lowest BCUT2D eigenvalue weighted by atomic mass is 10.1. The summed E-state index contributed by atoms with van der Waals surface area (Å²) in [4.78, 5) is 0. The lowest BCUT2D eigenvalue weighted by Gasteiger charge is -2.19. The van der Waals surface area contributed by atoms with E-state index < -0.39 is 0 Å². The molecule has 0 fully saturated rings. The summed E-state index contributed by atoms with van der Waals surface area (Å²) in [5.41, 5.74) is 1.32. The summed E-state index contributed by atoms with van der Waals surface area (Å²) < 4.78 is 7.95. The van der Waals surface area contributed by atoms with E-state index in [-0.39, 0.29) is 5.60 Å². The standard InChI is InChI=1S/C15H28N2O/c1-6-14(16-7-2)13-8-9-17(12-13)10-11-18-15(3,4)5/h8-9,12,14,16H,6-7,10-11H2,1-5H3. The van der Waals surface area contributed by atoms with Gasteiger partial charge in [-0.05, 0) is 45.4 Å². The molecule has 1 unspecified atom stereocenters. The van der Waals surface area contributed by atoms with Crippen LogP contribution in [0.5, 0.6) is 0 Å². The molecule has 0 aliphatic rings. The average Bonchev–Trinajstić information content (AvgIpc) is 2.72. The third-order valence-electron chi connectivity index (χ3n) is 2.92. The first-order chi connectivity index (χ1) is 8.46. The van der Waals surface area contributed by atoms with Gasteiger partial charge in [0.15, 0.2) is 0 Å². The molecule has 0 radical (unpaired) electrons. The number of rotatable bonds is 7. The maximum atomic E-state index is 5.74. The maximum Gasteiger partial charge on any atom is 0.0652 e. The minimum Gasteiger partial charge on any atom is -0.374 e. The predicted molar refractivity (Wildman–Crippen MR) is 76.8 cm³/mol. The van der Waals surface area contributed by atoms with E-state index in [1.54, 1.807) is 0 Å². The van der Waals surface area contributed by atoms with Gasteiger partial charge in [0.25, 0.3) is 0 Å². The van der Waals surface area contributed by atoms with Gasteiger partial charge in [0.05, 0.1) is 12.2 Å². The van der Waals surface area contributed by atoms with Crippen LogP contribution in [0, 0.1) is 0 Å². The lowest BCUT2D eigenvalue weighted by Crippen LogP contribution is -2.21. The molecule has 18 heavy (non-hydrogen) atoms. The van der Waals surface area contributed by atoms with E-state index >= 15 is 0 Å². The summed E-state index contributed by atoms with van der Waals surface area (Å²) >= 11 is 0. The summed E-state index contributed by atoms with van der Waals surface area (Å²) in [5, 5.41) is 3.50. The van der Waals surface area contributed by atoms with E-state index in [0.717, 1.165) is 26.1 Å². The van der Waals surface area contributed by atoms with Crippen molar-refractivity contribution >= 4 is 0 Å². The van der Waals surface area contributed by atoms with Gasteiger partial charge < -0.3 is 14.6 Å². The first-order valence-corrected chi connectivity index (χ1v) is 6.99. The van der Waals surface area contributed by atoms with Gasteiger partial charge in [-0.2, -0.15) is 0 Å². The lowest BCUT2D eigenvalue weighted by molar-refractivity contribution is -0.00680. The minimum atomic E-state index is -0.0499. The van der Waals surface area contributed by atoms with E-state index in [4.69, 9.17) is 4.74 Å². The molecule has 1 aromatic heterocycles. The maximum absolute atomic E-state index is 5.74. The summed E-state index contributed by atoms with van der Waals surface area (Å²) in [6.45, 7) is 13.3. The van der Waals surface area contributed by atoms with E-state index in [2.05, 4.69) is 63.0 Å². The summed E-state index contributed by atoms with van der Waals surface area (Å²) in [6, 6.07) is 2.67. The van der Waals surface area contributed by atoms with Crippen LogP contribution in [0.15, 0.2) is 18.5 Å². The van der Waals surface area contributed by atoms with Gasteiger partial charge >= 0.3 is 0 Å². The molecule has 0 aliphatic heterocycles. The van der Waals surface area contributed by atoms with Crippen LogP contribution in [0.1, 0.15) is 52.6 Å². The number of nitrogens with one attached hydrogen (secondary N) is 1. The fraction of sp³-hybridized carbons (Fsp3) is 0.733. The second kappa shape index (κ2) is 6.95. The van der Waals surface area contributed by atoms with Gasteiger partial charge in [-0.15, -0.1) is 0 Å². The molecule has 0 aromatic carbocycles. The van der Waals surface area contributed by atoms with Gasteiger partial charge in [-0.25, -0.2) is 0 Å². The smallest absolute Gasteiger partial charge is 0.0652 e. The number of ether oxygens (including phenoxy) is 1. The van der Waals surface area contributed by atoms with Gasteiger partial charge in [-0.1, -0.05) is 13.8 Å². The Bertz CT molecular complexity index is 339. The Morgan fingerprint density at radius 1 is 1.33 bits per heavy atom. The first-order valence-electron chi connectivity index (χ1n) is 6.99. The van der Waals surface area contributed by atoms with Crippen LogP contribution < -0.4 is 5.32 Å². The highest BCUT2D eigenvalue weighted by Crippen LogP contribution is 2.16. The van der Waals surface area contributed by atoms with Crippen LogP contribution in [-0.2, 0) is 11.3 Å². The molecule has 0 aliphatic carbocycles. The Labute approximate surface area is 112 Å². The van der Waals surface area contributed by atoms with Crippen LogP contribution in [-0.4, -0.2) is 23.3 Å². The second-order valence-corrected chi connectivity index (χ2v) is 5.66. The number of hydrogen-bond donors (Lipinski definition) is 1. The third kappa shape index (κ3) is 5.23. The topological polar surface area (TPSA) is 26.2 Å². The summed E-state index contributed by atoms with van der Waals surface area (Å²) in [7, 11) is 0. The van der Waals surface area contributed by atoms with E-state index in [1.807, 2.05) is 0 Å². The molecule has 1 N–H and O–H groups in total. The Hall–Kier alpha value is -0.800. The van der Waals surface area contributed by atoms with Crippen LogP contribution in [0.4, 0.5) is 0 Å². The molecular formula is C15H28N2O. The van der Waals surface area contributed by atoms with E-state index in [9.17, 15) is 0 Å². The van der Waals surface area contributed by atoms with Crippen molar-refractivity contribution in [2.45, 2.75) is 59.2 Å². The van der Waals surface area contributed by atoms with E-state index in [0.29, 0.717) is 6.04 Å². The monoisotopic (exact) mass is 252 g/mol. The summed E-state index contributed by atoms with van der Waals surface area (Å²) in [6.07, 6.45) is 5.49. The van der Waals surface area contributed by atoms with Crippen molar-refractivity contribution in [1.82, 2.24) is 9.88 Å². The largest absolute Gasteiger partial charge is 0.374 e. The normalized spacial score (nSPS) is 13.8. The van der Waals surface area contributed by atoms with Crippen LogP contribution in [0.25, 0.3) is 0 Å². The van der Waals surface area contributed by atoms with Crippen molar-refractivity contribution in [2.75, 3.05) is 13.2 Å². The molecule has 3 nitrogen and oxygen atoms in total. The zero-order chi connectivity index (χ0) is 13.6. The summed E-state index contributed by atoms with van der Waals surface area (Å²) in [5.74, 6) is 0. The molecule has 3 heteroatoms. The van der Waals surface area contributed by atoms with Crippen molar-refractivity contribution in [3.63, 3.8) is 0 Å². The van der Waals surface area contributed by atoms with Gasteiger partial charge in [0.2, 0.25) is 0 Å². The quantitative estimate of drug-likeness (QED) is 0.805. The van der Waals surface area contributed by atoms with Crippen molar-refractivity contribution in [3.05, 3.63) is 24.0 Å². The predicted octanol–water partition coefficient (Wildman–Crippen LogP) is 3.36. The third-order valence-corrected chi connectivity index (χ3v) is 2.92. The molecule has 0 saturated carbocycles. The molecule has 0 bridgehead atoms. The highest BCUT2D eigenvalue weighted by atomic mass is 16.5. The minimum absolute atomic E-state index is 0.0499. The molecule has 0 amide bonds. The molecule has 1 heterocycles. The molecule has 104 valence electrons. The van der Waals surface area contributed by atoms with Crippen molar-refractivity contribution < 1.29 is 4.74 Å².